The number of aliphatic hydroxyl groups excluding tert-OH is 1. The van der Waals surface area contributed by atoms with E-state index in [1.807, 2.05) is 19.1 Å². The molecular weight excluding hydrogens is 281 g/mol. The number of rotatable bonds is 9. The Balaban J connectivity index is 2.14. The van der Waals surface area contributed by atoms with Gasteiger partial charge in [-0.3, -0.25) is 0 Å². The third kappa shape index (κ3) is 5.53. The minimum absolute atomic E-state index is 0.240. The minimum atomic E-state index is -0.240. The molecule has 0 bridgehead atoms. The molecule has 120 valence electrons. The number of hydrogen-bond acceptors (Lipinski definition) is 2. The van der Waals surface area contributed by atoms with Crippen LogP contribution in [0.4, 0.5) is 0 Å². The lowest BCUT2D eigenvalue weighted by Gasteiger charge is -2.28. The van der Waals surface area contributed by atoms with E-state index in [4.69, 9.17) is 7.85 Å². The van der Waals surface area contributed by atoms with Crippen LogP contribution in [-0.2, 0) is 0 Å². The Kier molecular flexibility index (Phi) is 7.37. The molecule has 0 fully saturated rings. The monoisotopic (exact) mass is 307 g/mol. The summed E-state index contributed by atoms with van der Waals surface area (Å²) in [7, 11) is 5.95. The van der Waals surface area contributed by atoms with Gasteiger partial charge in [0.1, 0.15) is 0 Å². The Labute approximate surface area is 141 Å². The van der Waals surface area contributed by atoms with Gasteiger partial charge in [-0.1, -0.05) is 67.6 Å². The highest BCUT2D eigenvalue weighted by Gasteiger charge is 2.17. The average molecular weight is 307 g/mol. The Bertz CT molecular complexity index is 507. The molecule has 2 aromatic carbocycles. The van der Waals surface area contributed by atoms with Crippen LogP contribution >= 0.6 is 0 Å². The average Bonchev–Trinajstić information content (AvgIpc) is 2.63. The van der Waals surface area contributed by atoms with E-state index in [1.165, 1.54) is 11.1 Å². The van der Waals surface area contributed by atoms with Gasteiger partial charge in [0.25, 0.3) is 0 Å². The molecule has 3 heteroatoms. The second-order valence-corrected chi connectivity index (χ2v) is 5.98. The third-order valence-electron chi connectivity index (χ3n) is 4.35. The van der Waals surface area contributed by atoms with Gasteiger partial charge >= 0.3 is 0 Å². The second kappa shape index (κ2) is 9.54. The molecule has 0 saturated heterocycles. The zero-order valence-corrected chi connectivity index (χ0v) is 13.9. The molecule has 0 heterocycles. The largest absolute Gasteiger partial charge is 0.393 e. The van der Waals surface area contributed by atoms with E-state index in [1.54, 1.807) is 0 Å². The van der Waals surface area contributed by atoms with E-state index in [0.717, 1.165) is 25.9 Å². The van der Waals surface area contributed by atoms with Crippen molar-refractivity contribution in [3.8, 4) is 0 Å². The van der Waals surface area contributed by atoms with E-state index >= 15 is 0 Å². The first kappa shape index (κ1) is 17.8. The lowest BCUT2D eigenvalue weighted by molar-refractivity contribution is 0.141. The number of aliphatic hydroxyl groups is 1. The predicted octanol–water partition coefficient (Wildman–Crippen LogP) is 3.41. The summed E-state index contributed by atoms with van der Waals surface area (Å²) in [6, 6.07) is 21.1. The first-order chi connectivity index (χ1) is 11.2. The summed E-state index contributed by atoms with van der Waals surface area (Å²) < 4.78 is 0. The molecule has 0 saturated carbocycles. The smallest absolute Gasteiger partial charge is 0.0863 e. The van der Waals surface area contributed by atoms with Crippen LogP contribution in [0, 0.1) is 0 Å². The van der Waals surface area contributed by atoms with Gasteiger partial charge in [0, 0.05) is 12.5 Å². The number of hydrogen-bond donors (Lipinski definition) is 1. The molecule has 1 N–H and O–H groups in total. The molecule has 2 nitrogen and oxygen atoms in total. The first-order valence-electron chi connectivity index (χ1n) is 8.45. The van der Waals surface area contributed by atoms with Crippen molar-refractivity contribution in [2.24, 2.45) is 0 Å². The summed E-state index contributed by atoms with van der Waals surface area (Å²) in [6.07, 6.45) is 1.83. The molecule has 2 aromatic rings. The van der Waals surface area contributed by atoms with Crippen molar-refractivity contribution in [1.29, 1.82) is 0 Å². The van der Waals surface area contributed by atoms with Crippen LogP contribution < -0.4 is 0 Å². The molecule has 2 radical (unpaired) electrons. The Hall–Kier alpha value is -1.58. The van der Waals surface area contributed by atoms with Crippen molar-refractivity contribution in [3.05, 3.63) is 71.8 Å². The van der Waals surface area contributed by atoms with Gasteiger partial charge in [0.15, 0.2) is 0 Å². The Morgan fingerprint density at radius 3 is 1.91 bits per heavy atom. The van der Waals surface area contributed by atoms with Crippen LogP contribution in [-0.4, -0.2) is 43.5 Å². The minimum Gasteiger partial charge on any atom is -0.393 e. The lowest BCUT2D eigenvalue weighted by atomic mass is 9.90. The summed E-state index contributed by atoms with van der Waals surface area (Å²) in [5, 5.41) is 9.80. The van der Waals surface area contributed by atoms with Crippen molar-refractivity contribution >= 4 is 7.85 Å². The van der Waals surface area contributed by atoms with E-state index in [0.29, 0.717) is 12.4 Å². The molecule has 0 aromatic heterocycles. The van der Waals surface area contributed by atoms with Gasteiger partial charge in [-0.25, -0.2) is 0 Å². The van der Waals surface area contributed by atoms with Gasteiger partial charge in [-0.05, 0) is 37.0 Å². The maximum Gasteiger partial charge on any atom is 0.0863 e. The molecule has 0 aliphatic carbocycles. The fraction of sp³-hybridized carbons (Fsp3) is 0.400. The first-order valence-corrected chi connectivity index (χ1v) is 8.45. The van der Waals surface area contributed by atoms with Crippen LogP contribution in [0.2, 0.25) is 0 Å². The molecule has 1 unspecified atom stereocenters. The highest BCUT2D eigenvalue weighted by atomic mass is 16.3. The highest BCUT2D eigenvalue weighted by Crippen LogP contribution is 2.25. The topological polar surface area (TPSA) is 23.5 Å². The summed E-state index contributed by atoms with van der Waals surface area (Å²) in [6.45, 7) is 3.69. The zero-order chi connectivity index (χ0) is 16.5. The predicted molar refractivity (Wildman–Crippen MR) is 97.8 cm³/mol. The molecule has 0 aliphatic rings. The van der Waals surface area contributed by atoms with Crippen LogP contribution in [0.5, 0.6) is 0 Å². The number of benzene rings is 2. The standard InChI is InChI=1S/C20H26BNO/c1-2-19(23)13-14-22(16-21)15-20(17-9-5-3-6-10-17)18-11-7-4-8-12-18/h3-12,19-20,23H,2,13-16H2,1H3. The summed E-state index contributed by atoms with van der Waals surface area (Å²) in [4.78, 5) is 2.23. The normalized spacial score (nSPS) is 12.7. The molecule has 1 atom stereocenters. The van der Waals surface area contributed by atoms with E-state index < -0.39 is 0 Å². The molecule has 0 spiro atoms. The van der Waals surface area contributed by atoms with Gasteiger partial charge in [-0.2, -0.15) is 0 Å². The van der Waals surface area contributed by atoms with Crippen molar-refractivity contribution in [3.63, 3.8) is 0 Å². The van der Waals surface area contributed by atoms with Crippen LogP contribution in [0.15, 0.2) is 60.7 Å². The van der Waals surface area contributed by atoms with Crippen molar-refractivity contribution < 1.29 is 5.11 Å². The Morgan fingerprint density at radius 2 is 1.48 bits per heavy atom. The fourth-order valence-corrected chi connectivity index (χ4v) is 2.82. The van der Waals surface area contributed by atoms with E-state index in [9.17, 15) is 5.11 Å². The van der Waals surface area contributed by atoms with Gasteiger partial charge in [-0.15, -0.1) is 0 Å². The summed E-state index contributed by atoms with van der Waals surface area (Å²) >= 11 is 0. The van der Waals surface area contributed by atoms with E-state index in [2.05, 4.69) is 53.4 Å². The third-order valence-corrected chi connectivity index (χ3v) is 4.35. The fourth-order valence-electron chi connectivity index (χ4n) is 2.82. The van der Waals surface area contributed by atoms with E-state index in [-0.39, 0.29) is 6.10 Å². The summed E-state index contributed by atoms with van der Waals surface area (Å²) in [5.41, 5.74) is 2.60. The Morgan fingerprint density at radius 1 is 0.957 bits per heavy atom. The quantitative estimate of drug-likeness (QED) is 0.718. The molecule has 0 amide bonds. The molecule has 0 aliphatic heterocycles. The second-order valence-electron chi connectivity index (χ2n) is 5.98. The summed E-state index contributed by atoms with van der Waals surface area (Å²) in [5.74, 6) is 0.291. The molecule has 2 rings (SSSR count). The molecular formula is C20H26BNO. The van der Waals surface area contributed by atoms with Gasteiger partial charge in [0.2, 0.25) is 0 Å². The lowest BCUT2D eigenvalue weighted by Crippen LogP contribution is -2.33. The SMILES string of the molecule is [B]CN(CCC(O)CC)CC(c1ccccc1)c1ccccc1. The zero-order valence-electron chi connectivity index (χ0n) is 13.9. The van der Waals surface area contributed by atoms with Crippen molar-refractivity contribution in [2.75, 3.05) is 19.5 Å². The maximum atomic E-state index is 9.80. The van der Waals surface area contributed by atoms with Gasteiger partial charge in [0.05, 0.1) is 14.0 Å². The van der Waals surface area contributed by atoms with Crippen LogP contribution in [0.25, 0.3) is 0 Å². The van der Waals surface area contributed by atoms with Crippen molar-refractivity contribution in [1.82, 2.24) is 4.90 Å². The van der Waals surface area contributed by atoms with Crippen molar-refractivity contribution in [2.45, 2.75) is 31.8 Å². The maximum absolute atomic E-state index is 9.80. The van der Waals surface area contributed by atoms with Crippen LogP contribution in [0.1, 0.15) is 36.8 Å². The number of nitrogens with zero attached hydrogens (tertiary/aromatic N) is 1. The van der Waals surface area contributed by atoms with Crippen LogP contribution in [0.3, 0.4) is 0 Å². The molecule has 23 heavy (non-hydrogen) atoms. The van der Waals surface area contributed by atoms with Gasteiger partial charge < -0.3 is 10.0 Å². The highest BCUT2D eigenvalue weighted by molar-refractivity contribution is 6.08.